The molecule has 6 heteroatoms. The van der Waals surface area contributed by atoms with Gasteiger partial charge in [-0.25, -0.2) is 9.48 Å². The van der Waals surface area contributed by atoms with Crippen LogP contribution < -0.4 is 10.9 Å². The smallest absolute Gasteiger partial charge is 0.342 e. The molecule has 2 aromatic carbocycles. The van der Waals surface area contributed by atoms with Crippen LogP contribution in [0.4, 0.5) is 11.5 Å². The summed E-state index contributed by atoms with van der Waals surface area (Å²) in [6.45, 7) is 1.95. The number of benzene rings is 2. The summed E-state index contributed by atoms with van der Waals surface area (Å²) in [6, 6.07) is 21.2. The molecule has 0 fully saturated rings. The maximum absolute atomic E-state index is 13.1. The van der Waals surface area contributed by atoms with E-state index in [1.54, 1.807) is 12.3 Å². The van der Waals surface area contributed by atoms with E-state index in [0.29, 0.717) is 16.9 Å². The van der Waals surface area contributed by atoms with Crippen molar-refractivity contribution in [3.63, 3.8) is 0 Å². The molecule has 0 radical (unpaired) electrons. The Morgan fingerprint density at radius 2 is 1.77 bits per heavy atom. The molecule has 0 saturated carbocycles. The van der Waals surface area contributed by atoms with Gasteiger partial charge in [-0.05, 0) is 43.3 Å². The van der Waals surface area contributed by atoms with Crippen LogP contribution in [0, 0.1) is 6.92 Å². The molecule has 1 aliphatic rings. The van der Waals surface area contributed by atoms with Gasteiger partial charge in [0, 0.05) is 10.9 Å². The van der Waals surface area contributed by atoms with Gasteiger partial charge in [0.15, 0.2) is 0 Å². The molecule has 5 aromatic rings. The van der Waals surface area contributed by atoms with E-state index >= 15 is 0 Å². The van der Waals surface area contributed by atoms with Crippen molar-refractivity contribution < 1.29 is 8.83 Å². The molecule has 0 saturated heterocycles. The van der Waals surface area contributed by atoms with Crippen LogP contribution in [0.3, 0.4) is 0 Å². The lowest BCUT2D eigenvalue weighted by molar-refractivity contribution is 0.490. The molecule has 146 valence electrons. The number of hydrogen-bond donors (Lipinski definition) is 1. The van der Waals surface area contributed by atoms with Crippen molar-refractivity contribution in [1.29, 1.82) is 0 Å². The normalized spacial score (nSPS) is 14.9. The van der Waals surface area contributed by atoms with Gasteiger partial charge in [-0.2, -0.15) is 5.10 Å². The minimum absolute atomic E-state index is 0.380. The fourth-order valence-corrected chi connectivity index (χ4v) is 4.33. The third-order valence-electron chi connectivity index (χ3n) is 5.60. The van der Waals surface area contributed by atoms with Crippen LogP contribution in [0.2, 0.25) is 0 Å². The monoisotopic (exact) mass is 395 g/mol. The highest BCUT2D eigenvalue weighted by Crippen LogP contribution is 2.47. The van der Waals surface area contributed by atoms with E-state index in [1.807, 2.05) is 72.3 Å². The van der Waals surface area contributed by atoms with E-state index in [2.05, 4.69) is 5.32 Å². The van der Waals surface area contributed by atoms with Crippen LogP contribution in [-0.2, 0) is 0 Å². The summed E-state index contributed by atoms with van der Waals surface area (Å²) in [5, 5.41) is 9.14. The summed E-state index contributed by atoms with van der Waals surface area (Å²) < 4.78 is 13.3. The Kier molecular flexibility index (Phi) is 3.49. The molecule has 6 nitrogen and oxygen atoms in total. The molecule has 1 unspecified atom stereocenters. The summed E-state index contributed by atoms with van der Waals surface area (Å²) >= 11 is 0. The van der Waals surface area contributed by atoms with Crippen molar-refractivity contribution in [1.82, 2.24) is 9.78 Å². The zero-order valence-electron chi connectivity index (χ0n) is 16.1. The van der Waals surface area contributed by atoms with Crippen molar-refractivity contribution in [3.05, 3.63) is 106 Å². The van der Waals surface area contributed by atoms with E-state index < -0.39 is 5.92 Å². The molecule has 0 aliphatic carbocycles. The average molecular weight is 395 g/mol. The molecule has 0 bridgehead atoms. The van der Waals surface area contributed by atoms with Crippen LogP contribution in [0.1, 0.15) is 28.5 Å². The van der Waals surface area contributed by atoms with Crippen LogP contribution in [0.5, 0.6) is 0 Å². The summed E-state index contributed by atoms with van der Waals surface area (Å²) in [5.41, 5.74) is 4.08. The number of rotatable bonds is 2. The number of hydrogen-bond acceptors (Lipinski definition) is 5. The Labute approximate surface area is 171 Å². The Morgan fingerprint density at radius 3 is 2.57 bits per heavy atom. The Bertz CT molecular complexity index is 1450. The first-order valence-electron chi connectivity index (χ1n) is 9.73. The lowest BCUT2D eigenvalue weighted by Crippen LogP contribution is -2.23. The highest BCUT2D eigenvalue weighted by atomic mass is 16.4. The molecule has 4 heterocycles. The summed E-state index contributed by atoms with van der Waals surface area (Å²) in [6.07, 6.45) is 1.62. The second-order valence-electron chi connectivity index (χ2n) is 7.34. The van der Waals surface area contributed by atoms with Gasteiger partial charge in [0.1, 0.15) is 17.2 Å². The molecule has 3 aromatic heterocycles. The van der Waals surface area contributed by atoms with E-state index in [9.17, 15) is 4.79 Å². The maximum atomic E-state index is 13.1. The zero-order chi connectivity index (χ0) is 20.2. The third-order valence-corrected chi connectivity index (χ3v) is 5.60. The van der Waals surface area contributed by atoms with Crippen LogP contribution in [0.25, 0.3) is 16.7 Å². The Balaban J connectivity index is 1.71. The van der Waals surface area contributed by atoms with Gasteiger partial charge >= 0.3 is 5.63 Å². The number of para-hydroxylation sites is 2. The molecule has 30 heavy (non-hydrogen) atoms. The molecule has 1 atom stereocenters. The third kappa shape index (κ3) is 2.30. The van der Waals surface area contributed by atoms with Gasteiger partial charge in [-0.3, -0.25) is 0 Å². The number of aryl methyl sites for hydroxylation is 1. The van der Waals surface area contributed by atoms with Gasteiger partial charge < -0.3 is 14.2 Å². The Hall–Kier alpha value is -4.06. The quantitative estimate of drug-likeness (QED) is 0.412. The SMILES string of the molecule is Cc1nn(-c2ccccc2)c2c1C(c1ccco1)c1c(c3ccccc3oc1=O)N2. The van der Waals surface area contributed by atoms with Crippen molar-refractivity contribution in [2.24, 2.45) is 0 Å². The van der Waals surface area contributed by atoms with Gasteiger partial charge in [0.25, 0.3) is 0 Å². The largest absolute Gasteiger partial charge is 0.468 e. The van der Waals surface area contributed by atoms with Crippen LogP contribution >= 0.6 is 0 Å². The minimum Gasteiger partial charge on any atom is -0.468 e. The number of aromatic nitrogens is 2. The predicted molar refractivity (Wildman–Crippen MR) is 114 cm³/mol. The van der Waals surface area contributed by atoms with Crippen molar-refractivity contribution >= 4 is 22.5 Å². The highest BCUT2D eigenvalue weighted by Gasteiger charge is 2.38. The fourth-order valence-electron chi connectivity index (χ4n) is 4.33. The summed E-state index contributed by atoms with van der Waals surface area (Å²) in [7, 11) is 0. The second-order valence-corrected chi connectivity index (χ2v) is 7.34. The standard InChI is InChI=1S/C24H17N3O3/c1-14-19-20(18-12-7-13-29-18)21-22(16-10-5-6-11-17(16)30-24(21)28)25-23(19)27(26-14)15-8-3-2-4-9-15/h2-13,20,25H,1H3. The molecule has 1 aliphatic heterocycles. The van der Waals surface area contributed by atoms with Crippen molar-refractivity contribution in [2.45, 2.75) is 12.8 Å². The topological polar surface area (TPSA) is 73.2 Å². The summed E-state index contributed by atoms with van der Waals surface area (Å²) in [5.74, 6) is 1.09. The van der Waals surface area contributed by atoms with Gasteiger partial charge in [-0.15, -0.1) is 0 Å². The number of fused-ring (bicyclic) bond motifs is 4. The second kappa shape index (κ2) is 6.22. The van der Waals surface area contributed by atoms with Gasteiger partial charge in [0.05, 0.1) is 34.8 Å². The molecular weight excluding hydrogens is 378 g/mol. The molecular formula is C24H17N3O3. The molecule has 0 spiro atoms. The predicted octanol–water partition coefficient (Wildman–Crippen LogP) is 5.12. The van der Waals surface area contributed by atoms with Gasteiger partial charge in [0.2, 0.25) is 0 Å². The lowest BCUT2D eigenvalue weighted by Gasteiger charge is -2.26. The molecule has 0 amide bonds. The van der Waals surface area contributed by atoms with E-state index in [-0.39, 0.29) is 5.63 Å². The van der Waals surface area contributed by atoms with E-state index in [4.69, 9.17) is 13.9 Å². The van der Waals surface area contributed by atoms with Crippen LogP contribution in [-0.4, -0.2) is 9.78 Å². The minimum atomic E-state index is -0.412. The fraction of sp³-hybridized carbons (Fsp3) is 0.0833. The summed E-state index contributed by atoms with van der Waals surface area (Å²) in [4.78, 5) is 13.1. The van der Waals surface area contributed by atoms with E-state index in [0.717, 1.165) is 33.8 Å². The number of furan rings is 1. The van der Waals surface area contributed by atoms with Crippen molar-refractivity contribution in [3.8, 4) is 5.69 Å². The lowest BCUT2D eigenvalue weighted by atomic mass is 9.85. The highest BCUT2D eigenvalue weighted by molar-refractivity contribution is 5.95. The maximum Gasteiger partial charge on any atom is 0.342 e. The molecule has 6 rings (SSSR count). The number of nitrogens with zero attached hydrogens (tertiary/aromatic N) is 2. The average Bonchev–Trinajstić information content (AvgIpc) is 3.42. The van der Waals surface area contributed by atoms with Crippen LogP contribution in [0.15, 0.2) is 86.6 Å². The Morgan fingerprint density at radius 1 is 0.967 bits per heavy atom. The van der Waals surface area contributed by atoms with Crippen molar-refractivity contribution in [2.75, 3.05) is 5.32 Å². The van der Waals surface area contributed by atoms with E-state index in [1.165, 1.54) is 0 Å². The van der Waals surface area contributed by atoms with Gasteiger partial charge in [-0.1, -0.05) is 30.3 Å². The first-order chi connectivity index (χ1) is 14.7. The molecule has 1 N–H and O–H groups in total. The first-order valence-corrected chi connectivity index (χ1v) is 9.73. The number of nitrogens with one attached hydrogen (secondary N) is 1. The zero-order valence-corrected chi connectivity index (χ0v) is 16.1. The first kappa shape index (κ1) is 16.9. The number of anilines is 2.